The minimum Gasteiger partial charge on any atom is -0.308 e. The number of hydrogen-bond acceptors (Lipinski definition) is 4. The molecule has 0 aromatic rings. The fourth-order valence-corrected chi connectivity index (χ4v) is 4.65. The van der Waals surface area contributed by atoms with E-state index in [1.807, 2.05) is 6.92 Å². The molecule has 1 heterocycles. The summed E-state index contributed by atoms with van der Waals surface area (Å²) >= 11 is 0. The summed E-state index contributed by atoms with van der Waals surface area (Å²) in [7, 11) is -2.89. The molecular weight excluding hydrogens is 284 g/mol. The summed E-state index contributed by atoms with van der Waals surface area (Å²) in [5.41, 5.74) is 0.153. The Bertz CT molecular complexity index is 403. The van der Waals surface area contributed by atoms with Crippen molar-refractivity contribution >= 4 is 9.84 Å². The smallest absolute Gasteiger partial charge is 0.151 e. The molecule has 0 spiro atoms. The summed E-state index contributed by atoms with van der Waals surface area (Å²) in [4.78, 5) is 2.42. The highest BCUT2D eigenvalue weighted by Crippen LogP contribution is 2.25. The van der Waals surface area contributed by atoms with Crippen LogP contribution < -0.4 is 5.32 Å². The Morgan fingerprint density at radius 1 is 1.19 bits per heavy atom. The van der Waals surface area contributed by atoms with Crippen molar-refractivity contribution in [1.82, 2.24) is 10.2 Å². The maximum atomic E-state index is 12.0. The molecule has 1 atom stereocenters. The lowest BCUT2D eigenvalue weighted by Crippen LogP contribution is -2.65. The van der Waals surface area contributed by atoms with Gasteiger partial charge in [-0.3, -0.25) is 4.90 Å². The van der Waals surface area contributed by atoms with Gasteiger partial charge in [-0.05, 0) is 25.2 Å². The molecule has 1 saturated heterocycles. The Morgan fingerprint density at radius 2 is 1.81 bits per heavy atom. The Morgan fingerprint density at radius 3 is 2.29 bits per heavy atom. The fraction of sp³-hybridized carbons (Fsp3) is 1.00. The van der Waals surface area contributed by atoms with Crippen LogP contribution in [0, 0.1) is 5.92 Å². The van der Waals surface area contributed by atoms with Gasteiger partial charge in [-0.25, -0.2) is 8.42 Å². The van der Waals surface area contributed by atoms with Crippen LogP contribution in [0.25, 0.3) is 0 Å². The van der Waals surface area contributed by atoms with Crippen LogP contribution in [-0.4, -0.2) is 56.0 Å². The van der Waals surface area contributed by atoms with Crippen LogP contribution in [0.4, 0.5) is 0 Å². The van der Waals surface area contributed by atoms with E-state index in [9.17, 15) is 8.42 Å². The van der Waals surface area contributed by atoms with Crippen molar-refractivity contribution in [2.24, 2.45) is 5.92 Å². The van der Waals surface area contributed by atoms with E-state index in [1.165, 1.54) is 0 Å². The lowest BCUT2D eigenvalue weighted by Gasteiger charge is -2.49. The molecule has 0 saturated carbocycles. The first-order valence-corrected chi connectivity index (χ1v) is 10.3. The Hall–Kier alpha value is -0.130. The van der Waals surface area contributed by atoms with Crippen molar-refractivity contribution < 1.29 is 8.42 Å². The molecule has 1 fully saturated rings. The van der Waals surface area contributed by atoms with E-state index in [4.69, 9.17) is 0 Å². The van der Waals surface area contributed by atoms with Gasteiger partial charge in [-0.1, -0.05) is 34.6 Å². The second-order valence-corrected chi connectivity index (χ2v) is 9.11. The monoisotopic (exact) mass is 318 g/mol. The molecule has 1 N–H and O–H groups in total. The lowest BCUT2D eigenvalue weighted by molar-refractivity contribution is 0.0555. The lowest BCUT2D eigenvalue weighted by atomic mass is 9.86. The van der Waals surface area contributed by atoms with Crippen molar-refractivity contribution in [3.05, 3.63) is 0 Å². The number of rotatable bonds is 8. The van der Waals surface area contributed by atoms with E-state index in [0.717, 1.165) is 25.9 Å². The van der Waals surface area contributed by atoms with Gasteiger partial charge in [0.1, 0.15) is 0 Å². The van der Waals surface area contributed by atoms with E-state index < -0.39 is 9.84 Å². The zero-order valence-electron chi connectivity index (χ0n) is 14.5. The molecule has 1 rings (SSSR count). The maximum Gasteiger partial charge on any atom is 0.151 e. The molecule has 0 aromatic heterocycles. The van der Waals surface area contributed by atoms with E-state index in [1.54, 1.807) is 0 Å². The average molecular weight is 319 g/mol. The largest absolute Gasteiger partial charge is 0.308 e. The van der Waals surface area contributed by atoms with Crippen molar-refractivity contribution in [3.8, 4) is 0 Å². The van der Waals surface area contributed by atoms with Crippen molar-refractivity contribution in [2.75, 3.05) is 31.1 Å². The molecule has 126 valence electrons. The average Bonchev–Trinajstić information content (AvgIpc) is 2.44. The SMILES string of the molecule is CCCS(=O)(=O)CCN1CC(CC)(CC)NCC1C(C)C. The predicted octanol–water partition coefficient (Wildman–Crippen LogP) is 2.30. The van der Waals surface area contributed by atoms with E-state index in [-0.39, 0.29) is 5.54 Å². The van der Waals surface area contributed by atoms with Crippen molar-refractivity contribution in [3.63, 3.8) is 0 Å². The van der Waals surface area contributed by atoms with Gasteiger partial charge >= 0.3 is 0 Å². The highest BCUT2D eigenvalue weighted by atomic mass is 32.2. The van der Waals surface area contributed by atoms with Gasteiger partial charge in [0.25, 0.3) is 0 Å². The fourth-order valence-electron chi connectivity index (χ4n) is 3.31. The van der Waals surface area contributed by atoms with Gasteiger partial charge in [0.2, 0.25) is 0 Å². The summed E-state index contributed by atoms with van der Waals surface area (Å²) < 4.78 is 24.0. The third-order valence-electron chi connectivity index (χ3n) is 4.99. The quantitative estimate of drug-likeness (QED) is 0.746. The third-order valence-corrected chi connectivity index (χ3v) is 6.82. The van der Waals surface area contributed by atoms with Gasteiger partial charge in [0, 0.05) is 37.0 Å². The maximum absolute atomic E-state index is 12.0. The Balaban J connectivity index is 2.76. The van der Waals surface area contributed by atoms with Crippen LogP contribution in [0.1, 0.15) is 53.9 Å². The molecule has 1 aliphatic heterocycles. The van der Waals surface area contributed by atoms with Crippen molar-refractivity contribution in [2.45, 2.75) is 65.5 Å². The summed E-state index contributed by atoms with van der Waals surface area (Å²) in [5, 5.41) is 3.72. The number of nitrogens with one attached hydrogen (secondary N) is 1. The molecular formula is C16H34N2O2S. The van der Waals surface area contributed by atoms with E-state index >= 15 is 0 Å². The summed E-state index contributed by atoms with van der Waals surface area (Å²) in [5.74, 6) is 1.16. The first-order chi connectivity index (χ1) is 9.79. The molecule has 1 aliphatic rings. The molecule has 0 bridgehead atoms. The number of piperazine rings is 1. The molecule has 0 aromatic carbocycles. The van der Waals surface area contributed by atoms with Crippen molar-refractivity contribution in [1.29, 1.82) is 0 Å². The topological polar surface area (TPSA) is 49.4 Å². The second-order valence-electron chi connectivity index (χ2n) is 6.80. The molecule has 0 radical (unpaired) electrons. The van der Waals surface area contributed by atoms with Gasteiger partial charge in [0.05, 0.1) is 5.75 Å². The van der Waals surface area contributed by atoms with Gasteiger partial charge in [-0.15, -0.1) is 0 Å². The van der Waals surface area contributed by atoms with Gasteiger partial charge < -0.3 is 5.32 Å². The predicted molar refractivity (Wildman–Crippen MR) is 90.5 cm³/mol. The summed E-state index contributed by atoms with van der Waals surface area (Å²) in [6.07, 6.45) is 2.89. The normalized spacial score (nSPS) is 23.6. The molecule has 1 unspecified atom stereocenters. The Labute approximate surface area is 131 Å². The second kappa shape index (κ2) is 7.93. The van der Waals surface area contributed by atoms with Crippen LogP contribution in [-0.2, 0) is 9.84 Å². The summed E-state index contributed by atoms with van der Waals surface area (Å²) in [6, 6.07) is 0.438. The molecule has 4 nitrogen and oxygen atoms in total. The summed E-state index contributed by atoms with van der Waals surface area (Å²) in [6.45, 7) is 13.4. The zero-order valence-corrected chi connectivity index (χ0v) is 15.3. The van der Waals surface area contributed by atoms with Crippen LogP contribution in [0.3, 0.4) is 0 Å². The highest BCUT2D eigenvalue weighted by molar-refractivity contribution is 7.91. The van der Waals surface area contributed by atoms with Crippen LogP contribution >= 0.6 is 0 Å². The van der Waals surface area contributed by atoms with Gasteiger partial charge in [-0.2, -0.15) is 0 Å². The highest BCUT2D eigenvalue weighted by Gasteiger charge is 2.37. The van der Waals surface area contributed by atoms with E-state index in [0.29, 0.717) is 36.4 Å². The van der Waals surface area contributed by atoms with E-state index in [2.05, 4.69) is 37.9 Å². The molecule has 0 aliphatic carbocycles. The number of nitrogens with zero attached hydrogens (tertiary/aromatic N) is 1. The molecule has 0 amide bonds. The molecule has 5 heteroatoms. The van der Waals surface area contributed by atoms with Crippen LogP contribution in [0.15, 0.2) is 0 Å². The number of hydrogen-bond donors (Lipinski definition) is 1. The minimum absolute atomic E-state index is 0.153. The zero-order chi connectivity index (χ0) is 16.1. The number of sulfone groups is 1. The van der Waals surface area contributed by atoms with Gasteiger partial charge in [0.15, 0.2) is 9.84 Å². The third kappa shape index (κ3) is 5.22. The first-order valence-electron chi connectivity index (χ1n) is 8.48. The first kappa shape index (κ1) is 18.9. The minimum atomic E-state index is -2.89. The Kier molecular flexibility index (Phi) is 7.14. The molecule has 21 heavy (non-hydrogen) atoms. The van der Waals surface area contributed by atoms with Crippen LogP contribution in [0.5, 0.6) is 0 Å². The standard InChI is InChI=1S/C16H34N2O2S/c1-6-10-21(19,20)11-9-18-13-16(7-2,8-3)17-12-15(18)14(4)5/h14-15,17H,6-13H2,1-5H3. The van der Waals surface area contributed by atoms with Crippen LogP contribution in [0.2, 0.25) is 0 Å².